The van der Waals surface area contributed by atoms with Gasteiger partial charge in [0.15, 0.2) is 0 Å². The molecule has 6 rings (SSSR count). The minimum Gasteiger partial charge on any atom is -0.349 e. The Labute approximate surface area is 210 Å². The van der Waals surface area contributed by atoms with Crippen LogP contribution in [-0.2, 0) is 14.3 Å². The summed E-state index contributed by atoms with van der Waals surface area (Å²) in [4.78, 5) is 56.1. The lowest BCUT2D eigenvalue weighted by Gasteiger charge is -2.27. The van der Waals surface area contributed by atoms with Crippen LogP contribution in [0.3, 0.4) is 0 Å². The molecular weight excluding hydrogens is 489 g/mol. The third kappa shape index (κ3) is 2.88. The van der Waals surface area contributed by atoms with Crippen LogP contribution in [0.5, 0.6) is 0 Å². The van der Waals surface area contributed by atoms with E-state index in [9.17, 15) is 19.2 Å². The lowest BCUT2D eigenvalue weighted by molar-refractivity contribution is -0.127. The smallest absolute Gasteiger partial charge is 0.241 e. The minimum atomic E-state index is -2.11. The maximum Gasteiger partial charge on any atom is 0.241 e. The molecule has 6 nitrogen and oxygen atoms in total. The van der Waals surface area contributed by atoms with Gasteiger partial charge in [-0.15, -0.1) is 0 Å². The van der Waals surface area contributed by atoms with Crippen LogP contribution in [0.2, 0.25) is 10.0 Å². The van der Waals surface area contributed by atoms with E-state index < -0.39 is 46.9 Å². The molecule has 2 amide bonds. The van der Waals surface area contributed by atoms with Gasteiger partial charge in [-0.3, -0.25) is 19.2 Å². The van der Waals surface area contributed by atoms with Gasteiger partial charge in [0.25, 0.3) is 0 Å². The lowest BCUT2D eigenvalue weighted by atomic mass is 9.77. The molecule has 3 aromatic rings. The normalized spacial score (nSPS) is 24.4. The van der Waals surface area contributed by atoms with Crippen molar-refractivity contribution in [3.05, 3.63) is 99.0 Å². The summed E-state index contributed by atoms with van der Waals surface area (Å²) < 4.78 is 6.26. The van der Waals surface area contributed by atoms with E-state index in [4.69, 9.17) is 27.9 Å². The number of benzene rings is 3. The van der Waals surface area contributed by atoms with Crippen molar-refractivity contribution in [2.45, 2.75) is 18.6 Å². The van der Waals surface area contributed by atoms with Crippen LogP contribution < -0.4 is 4.90 Å². The summed E-state index contributed by atoms with van der Waals surface area (Å²) in [6.45, 7) is 1.92. The highest BCUT2D eigenvalue weighted by molar-refractivity contribution is 6.42. The van der Waals surface area contributed by atoms with Gasteiger partial charge >= 0.3 is 0 Å². The standard InChI is InChI=1S/C27H17Cl2NO5/c1-13-6-8-14(9-7-13)22-20-21(26(34)30(25(20)33)15-10-11-18(28)19(29)12-15)27(35-22)23(31)16-4-2-3-5-17(16)24(27)32/h2-12,20-22H,1H3/t20?,21?,22-/m0/s1. The Kier molecular flexibility index (Phi) is 4.81. The molecule has 0 N–H and O–H groups in total. The molecule has 0 bridgehead atoms. The van der Waals surface area contributed by atoms with Crippen molar-refractivity contribution in [1.82, 2.24) is 0 Å². The molecule has 3 atom stereocenters. The van der Waals surface area contributed by atoms with Crippen molar-refractivity contribution >= 4 is 52.3 Å². The van der Waals surface area contributed by atoms with Crippen molar-refractivity contribution in [2.75, 3.05) is 4.90 Å². The summed E-state index contributed by atoms with van der Waals surface area (Å²) in [6, 6.07) is 18.1. The Hall–Kier alpha value is -3.32. The van der Waals surface area contributed by atoms with Gasteiger partial charge in [0.1, 0.15) is 0 Å². The van der Waals surface area contributed by atoms with E-state index >= 15 is 0 Å². The van der Waals surface area contributed by atoms with Crippen LogP contribution in [0.1, 0.15) is 37.9 Å². The number of fused-ring (bicyclic) bond motifs is 3. The number of Topliss-reactive ketones (excluding diaryl/α,β-unsaturated/α-hetero) is 2. The maximum absolute atomic E-state index is 13.9. The number of carbonyl (C=O) groups is 4. The number of imide groups is 1. The van der Waals surface area contributed by atoms with Gasteiger partial charge in [0.05, 0.1) is 33.7 Å². The number of anilines is 1. The van der Waals surface area contributed by atoms with Crippen LogP contribution in [-0.4, -0.2) is 29.0 Å². The van der Waals surface area contributed by atoms with Crippen LogP contribution in [0.4, 0.5) is 5.69 Å². The number of carbonyl (C=O) groups excluding carboxylic acids is 4. The van der Waals surface area contributed by atoms with Crippen molar-refractivity contribution in [1.29, 1.82) is 0 Å². The second-order valence-electron chi connectivity index (χ2n) is 9.00. The van der Waals surface area contributed by atoms with Crippen molar-refractivity contribution in [3.63, 3.8) is 0 Å². The topological polar surface area (TPSA) is 80.8 Å². The zero-order valence-electron chi connectivity index (χ0n) is 18.3. The number of amides is 2. The molecular formula is C27H17Cl2NO5. The fraction of sp³-hybridized carbons (Fsp3) is 0.185. The summed E-state index contributed by atoms with van der Waals surface area (Å²) in [5.74, 6) is -4.82. The third-order valence-electron chi connectivity index (χ3n) is 7.09. The lowest BCUT2D eigenvalue weighted by Crippen LogP contribution is -2.51. The number of hydrogen-bond acceptors (Lipinski definition) is 5. The Morgan fingerprint density at radius 2 is 1.43 bits per heavy atom. The van der Waals surface area contributed by atoms with E-state index in [1.807, 2.05) is 19.1 Å². The molecule has 1 aliphatic carbocycles. The highest BCUT2D eigenvalue weighted by Crippen LogP contribution is 2.57. The summed E-state index contributed by atoms with van der Waals surface area (Å²) in [5, 5.41) is 0.437. The fourth-order valence-electron chi connectivity index (χ4n) is 5.45. The van der Waals surface area contributed by atoms with Gasteiger partial charge in [0.2, 0.25) is 29.0 Å². The molecule has 174 valence electrons. The molecule has 0 radical (unpaired) electrons. The largest absolute Gasteiger partial charge is 0.349 e. The Morgan fingerprint density at radius 3 is 2.03 bits per heavy atom. The summed E-state index contributed by atoms with van der Waals surface area (Å²) >= 11 is 12.2. The van der Waals surface area contributed by atoms with Crippen LogP contribution in [0, 0.1) is 18.8 Å². The van der Waals surface area contributed by atoms with Gasteiger partial charge in [-0.05, 0) is 30.7 Å². The zero-order valence-corrected chi connectivity index (χ0v) is 19.8. The number of rotatable bonds is 2. The Balaban J connectivity index is 1.54. The van der Waals surface area contributed by atoms with E-state index in [1.54, 1.807) is 36.4 Å². The second kappa shape index (κ2) is 7.59. The van der Waals surface area contributed by atoms with Gasteiger partial charge in [-0.1, -0.05) is 77.3 Å². The maximum atomic E-state index is 13.9. The third-order valence-corrected chi connectivity index (χ3v) is 7.83. The minimum absolute atomic E-state index is 0.170. The highest BCUT2D eigenvalue weighted by atomic mass is 35.5. The molecule has 0 saturated carbocycles. The number of ether oxygens (including phenoxy) is 1. The van der Waals surface area contributed by atoms with E-state index in [2.05, 4.69) is 0 Å². The molecule has 35 heavy (non-hydrogen) atoms. The molecule has 2 aliphatic heterocycles. The van der Waals surface area contributed by atoms with Gasteiger partial charge in [0, 0.05) is 11.1 Å². The first-order valence-electron chi connectivity index (χ1n) is 11.0. The van der Waals surface area contributed by atoms with Gasteiger partial charge < -0.3 is 4.74 Å². The highest BCUT2D eigenvalue weighted by Gasteiger charge is 2.74. The van der Waals surface area contributed by atoms with E-state index in [1.165, 1.54) is 18.2 Å². The monoisotopic (exact) mass is 505 g/mol. The molecule has 3 aromatic carbocycles. The van der Waals surface area contributed by atoms with Gasteiger partial charge in [-0.2, -0.15) is 0 Å². The average Bonchev–Trinajstić information content (AvgIpc) is 3.41. The molecule has 3 aliphatic rings. The van der Waals surface area contributed by atoms with E-state index in [0.29, 0.717) is 5.56 Å². The first-order valence-corrected chi connectivity index (χ1v) is 11.8. The molecule has 2 fully saturated rings. The molecule has 1 spiro atoms. The van der Waals surface area contributed by atoms with Crippen molar-refractivity contribution < 1.29 is 23.9 Å². The average molecular weight is 506 g/mol. The van der Waals surface area contributed by atoms with Crippen LogP contribution in [0.15, 0.2) is 66.7 Å². The van der Waals surface area contributed by atoms with Crippen LogP contribution >= 0.6 is 23.2 Å². The molecule has 2 saturated heterocycles. The molecule has 2 heterocycles. The fourth-order valence-corrected chi connectivity index (χ4v) is 5.75. The number of halogens is 2. The number of ketones is 2. The summed E-state index contributed by atoms with van der Waals surface area (Å²) in [7, 11) is 0. The number of nitrogens with zero attached hydrogens (tertiary/aromatic N) is 1. The predicted molar refractivity (Wildman–Crippen MR) is 129 cm³/mol. The molecule has 0 aromatic heterocycles. The van der Waals surface area contributed by atoms with E-state index in [0.717, 1.165) is 10.5 Å². The predicted octanol–water partition coefficient (Wildman–Crippen LogP) is 5.00. The molecule has 2 unspecified atom stereocenters. The summed E-state index contributed by atoms with van der Waals surface area (Å²) in [6.07, 6.45) is -0.966. The van der Waals surface area contributed by atoms with Gasteiger partial charge in [-0.25, -0.2) is 4.90 Å². The van der Waals surface area contributed by atoms with E-state index in [-0.39, 0.29) is 26.9 Å². The summed E-state index contributed by atoms with van der Waals surface area (Å²) in [5.41, 5.74) is 0.0858. The Bertz CT molecular complexity index is 1430. The quantitative estimate of drug-likeness (QED) is 0.361. The Morgan fingerprint density at radius 1 is 0.800 bits per heavy atom. The zero-order chi connectivity index (χ0) is 24.6. The van der Waals surface area contributed by atoms with Crippen LogP contribution in [0.25, 0.3) is 0 Å². The number of aryl methyl sites for hydroxylation is 1. The second-order valence-corrected chi connectivity index (χ2v) is 9.82. The first kappa shape index (κ1) is 22.2. The van der Waals surface area contributed by atoms with Crippen molar-refractivity contribution in [2.24, 2.45) is 11.8 Å². The first-order chi connectivity index (χ1) is 16.8. The number of hydrogen-bond donors (Lipinski definition) is 0. The SMILES string of the molecule is Cc1ccc([C@@H]2OC3(C(=O)c4ccccc4C3=O)C3C(=O)N(c4ccc(Cl)c(Cl)c4)C(=O)C32)cc1. The van der Waals surface area contributed by atoms with Crippen molar-refractivity contribution in [3.8, 4) is 0 Å². The molecule has 8 heteroatoms.